The van der Waals surface area contributed by atoms with Crippen molar-refractivity contribution in [3.05, 3.63) is 59.2 Å². The predicted molar refractivity (Wildman–Crippen MR) is 106 cm³/mol. The van der Waals surface area contributed by atoms with E-state index in [1.807, 2.05) is 49.4 Å². The molecule has 0 bridgehead atoms. The van der Waals surface area contributed by atoms with Crippen molar-refractivity contribution < 1.29 is 14.3 Å². The standard InChI is InChI=1S/C22H28N2O3/c1-16(19-10-11-20(26-2)21(14-19)27-3)23-22(25)18-8-6-17(7-9-18)15-24-12-4-5-13-24/h6-11,14,16H,4-5,12-13,15H2,1-3H3,(H,23,25)/t16-/m0/s1. The van der Waals surface area contributed by atoms with Crippen molar-refractivity contribution in [3.63, 3.8) is 0 Å². The van der Waals surface area contributed by atoms with Gasteiger partial charge in [-0.25, -0.2) is 0 Å². The summed E-state index contributed by atoms with van der Waals surface area (Å²) in [6.45, 7) is 5.26. The average molecular weight is 368 g/mol. The summed E-state index contributed by atoms with van der Waals surface area (Å²) in [7, 11) is 3.21. The van der Waals surface area contributed by atoms with Gasteiger partial charge in [0.2, 0.25) is 0 Å². The van der Waals surface area contributed by atoms with Crippen LogP contribution in [0.25, 0.3) is 0 Å². The highest BCUT2D eigenvalue weighted by molar-refractivity contribution is 5.94. The van der Waals surface area contributed by atoms with Gasteiger partial charge in [-0.05, 0) is 68.2 Å². The van der Waals surface area contributed by atoms with Crippen molar-refractivity contribution in [2.45, 2.75) is 32.4 Å². The van der Waals surface area contributed by atoms with Crippen LogP contribution in [0, 0.1) is 0 Å². The third-order valence-corrected chi connectivity index (χ3v) is 5.08. The number of hydrogen-bond donors (Lipinski definition) is 1. The highest BCUT2D eigenvalue weighted by atomic mass is 16.5. The van der Waals surface area contributed by atoms with E-state index in [9.17, 15) is 4.79 Å². The normalized spacial score (nSPS) is 15.4. The summed E-state index contributed by atoms with van der Waals surface area (Å²) in [6, 6.07) is 13.5. The second kappa shape index (κ2) is 8.91. The summed E-state index contributed by atoms with van der Waals surface area (Å²) in [5.74, 6) is 1.25. The van der Waals surface area contributed by atoms with Crippen molar-refractivity contribution in [2.24, 2.45) is 0 Å². The highest BCUT2D eigenvalue weighted by Gasteiger charge is 2.15. The molecule has 144 valence electrons. The van der Waals surface area contributed by atoms with Gasteiger partial charge >= 0.3 is 0 Å². The molecular weight excluding hydrogens is 340 g/mol. The molecule has 0 spiro atoms. The van der Waals surface area contributed by atoms with Gasteiger partial charge in [0.25, 0.3) is 5.91 Å². The van der Waals surface area contributed by atoms with Crippen LogP contribution in [0.15, 0.2) is 42.5 Å². The van der Waals surface area contributed by atoms with E-state index < -0.39 is 0 Å². The van der Waals surface area contributed by atoms with E-state index in [2.05, 4.69) is 10.2 Å². The number of ether oxygens (including phenoxy) is 2. The largest absolute Gasteiger partial charge is 0.493 e. The second-order valence-electron chi connectivity index (χ2n) is 6.99. The molecule has 1 saturated heterocycles. The molecule has 3 rings (SSSR count). The number of nitrogens with one attached hydrogen (secondary N) is 1. The molecule has 27 heavy (non-hydrogen) atoms. The lowest BCUT2D eigenvalue weighted by Gasteiger charge is -2.17. The highest BCUT2D eigenvalue weighted by Crippen LogP contribution is 2.30. The summed E-state index contributed by atoms with van der Waals surface area (Å²) in [5, 5.41) is 3.05. The van der Waals surface area contributed by atoms with Crippen LogP contribution in [-0.2, 0) is 6.54 Å². The molecule has 0 unspecified atom stereocenters. The quantitative estimate of drug-likeness (QED) is 0.808. The number of likely N-dealkylation sites (tertiary alicyclic amines) is 1. The van der Waals surface area contributed by atoms with Crippen LogP contribution < -0.4 is 14.8 Å². The van der Waals surface area contributed by atoms with E-state index in [1.54, 1.807) is 14.2 Å². The Morgan fingerprint density at radius 3 is 2.33 bits per heavy atom. The van der Waals surface area contributed by atoms with Gasteiger partial charge in [-0.3, -0.25) is 9.69 Å². The first-order valence-corrected chi connectivity index (χ1v) is 9.45. The Kier molecular flexibility index (Phi) is 6.35. The molecule has 1 heterocycles. The molecule has 0 saturated carbocycles. The minimum absolute atomic E-state index is 0.0787. The van der Waals surface area contributed by atoms with Crippen LogP contribution in [0.4, 0.5) is 0 Å². The lowest BCUT2D eigenvalue weighted by Crippen LogP contribution is -2.26. The first kappa shape index (κ1) is 19.2. The molecule has 2 aromatic carbocycles. The van der Waals surface area contributed by atoms with E-state index in [1.165, 1.54) is 31.5 Å². The number of nitrogens with zero attached hydrogens (tertiary/aromatic N) is 1. The molecule has 0 aliphatic carbocycles. The molecule has 1 amide bonds. The van der Waals surface area contributed by atoms with Crippen molar-refractivity contribution in [2.75, 3.05) is 27.3 Å². The third-order valence-electron chi connectivity index (χ3n) is 5.08. The molecule has 1 aliphatic heterocycles. The summed E-state index contributed by atoms with van der Waals surface area (Å²) >= 11 is 0. The minimum Gasteiger partial charge on any atom is -0.493 e. The zero-order valence-corrected chi connectivity index (χ0v) is 16.3. The average Bonchev–Trinajstić information content (AvgIpc) is 3.20. The van der Waals surface area contributed by atoms with Gasteiger partial charge in [-0.1, -0.05) is 18.2 Å². The van der Waals surface area contributed by atoms with Crippen LogP contribution in [0.1, 0.15) is 47.3 Å². The van der Waals surface area contributed by atoms with Gasteiger partial charge in [-0.2, -0.15) is 0 Å². The Morgan fingerprint density at radius 2 is 1.70 bits per heavy atom. The van der Waals surface area contributed by atoms with Crippen molar-refractivity contribution >= 4 is 5.91 Å². The number of amides is 1. The maximum atomic E-state index is 12.6. The Bertz CT molecular complexity index is 768. The fourth-order valence-corrected chi connectivity index (χ4v) is 3.45. The molecule has 5 heteroatoms. The fourth-order valence-electron chi connectivity index (χ4n) is 3.45. The molecule has 0 radical (unpaired) electrons. The van der Waals surface area contributed by atoms with Crippen LogP contribution in [0.2, 0.25) is 0 Å². The SMILES string of the molecule is COc1ccc([C@H](C)NC(=O)c2ccc(CN3CCCC3)cc2)cc1OC. The van der Waals surface area contributed by atoms with Gasteiger partial charge < -0.3 is 14.8 Å². The lowest BCUT2D eigenvalue weighted by molar-refractivity contribution is 0.0940. The Labute approximate surface area is 161 Å². The molecule has 1 N–H and O–H groups in total. The molecule has 2 aromatic rings. The third kappa shape index (κ3) is 4.80. The number of benzene rings is 2. The Balaban J connectivity index is 1.62. The van der Waals surface area contributed by atoms with Crippen LogP contribution in [0.3, 0.4) is 0 Å². The zero-order valence-electron chi connectivity index (χ0n) is 16.3. The number of hydrogen-bond acceptors (Lipinski definition) is 4. The molecule has 0 aromatic heterocycles. The van der Waals surface area contributed by atoms with Gasteiger partial charge in [0, 0.05) is 12.1 Å². The lowest BCUT2D eigenvalue weighted by atomic mass is 10.1. The molecule has 1 fully saturated rings. The van der Waals surface area contributed by atoms with E-state index >= 15 is 0 Å². The number of carbonyl (C=O) groups excluding carboxylic acids is 1. The van der Waals surface area contributed by atoms with Crippen LogP contribution >= 0.6 is 0 Å². The van der Waals surface area contributed by atoms with Crippen molar-refractivity contribution in [1.82, 2.24) is 10.2 Å². The fraction of sp³-hybridized carbons (Fsp3) is 0.409. The zero-order chi connectivity index (χ0) is 19.2. The molecule has 1 aliphatic rings. The molecule has 1 atom stereocenters. The maximum absolute atomic E-state index is 12.6. The van der Waals surface area contributed by atoms with E-state index in [0.717, 1.165) is 12.1 Å². The van der Waals surface area contributed by atoms with Gasteiger partial charge in [0.05, 0.1) is 20.3 Å². The summed E-state index contributed by atoms with van der Waals surface area (Å²) < 4.78 is 10.6. The van der Waals surface area contributed by atoms with Crippen molar-refractivity contribution in [1.29, 1.82) is 0 Å². The Morgan fingerprint density at radius 1 is 1.04 bits per heavy atom. The molecular formula is C22H28N2O3. The first-order chi connectivity index (χ1) is 13.1. The van der Waals surface area contributed by atoms with Crippen LogP contribution in [0.5, 0.6) is 11.5 Å². The van der Waals surface area contributed by atoms with E-state index in [0.29, 0.717) is 17.1 Å². The number of rotatable bonds is 7. The first-order valence-electron chi connectivity index (χ1n) is 9.45. The smallest absolute Gasteiger partial charge is 0.251 e. The van der Waals surface area contributed by atoms with E-state index in [4.69, 9.17) is 9.47 Å². The monoisotopic (exact) mass is 368 g/mol. The van der Waals surface area contributed by atoms with Gasteiger partial charge in [0.15, 0.2) is 11.5 Å². The van der Waals surface area contributed by atoms with Gasteiger partial charge in [0.1, 0.15) is 0 Å². The van der Waals surface area contributed by atoms with Gasteiger partial charge in [-0.15, -0.1) is 0 Å². The number of carbonyl (C=O) groups is 1. The Hall–Kier alpha value is -2.53. The number of methoxy groups -OCH3 is 2. The minimum atomic E-state index is -0.137. The second-order valence-corrected chi connectivity index (χ2v) is 6.99. The maximum Gasteiger partial charge on any atom is 0.251 e. The summed E-state index contributed by atoms with van der Waals surface area (Å²) in [5.41, 5.74) is 2.89. The summed E-state index contributed by atoms with van der Waals surface area (Å²) in [6.07, 6.45) is 2.57. The topological polar surface area (TPSA) is 50.8 Å². The predicted octanol–water partition coefficient (Wildman–Crippen LogP) is 3.79. The summed E-state index contributed by atoms with van der Waals surface area (Å²) in [4.78, 5) is 15.0. The van der Waals surface area contributed by atoms with Crippen LogP contribution in [-0.4, -0.2) is 38.1 Å². The van der Waals surface area contributed by atoms with E-state index in [-0.39, 0.29) is 11.9 Å². The molecule has 5 nitrogen and oxygen atoms in total. The van der Waals surface area contributed by atoms with Crippen molar-refractivity contribution in [3.8, 4) is 11.5 Å².